The first-order valence-corrected chi connectivity index (χ1v) is 9.55. The van der Waals surface area contributed by atoms with Crippen LogP contribution in [0.5, 0.6) is 5.75 Å². The van der Waals surface area contributed by atoms with E-state index in [2.05, 4.69) is 10.1 Å². The molecular weight excluding hydrogens is 406 g/mol. The molecule has 27 heavy (non-hydrogen) atoms. The monoisotopic (exact) mass is 420 g/mol. The Morgan fingerprint density at radius 2 is 1.85 bits per heavy atom. The lowest BCUT2D eigenvalue weighted by Crippen LogP contribution is -2.25. The maximum absolute atomic E-state index is 12.7. The quantitative estimate of drug-likeness (QED) is 0.623. The van der Waals surface area contributed by atoms with Crippen LogP contribution in [0.2, 0.25) is 0 Å². The lowest BCUT2D eigenvalue weighted by Gasteiger charge is -2.06. The smallest absolute Gasteiger partial charge is 0.387 e. The van der Waals surface area contributed by atoms with Crippen LogP contribution >= 0.6 is 11.3 Å². The number of aliphatic hydroxyl groups is 1. The SMILES string of the molecule is CC(O)C(=O)Nc1sc(S(=O)(=O)c2ccc(OC(F)F)cc2)cc1C(N)=O. The highest BCUT2D eigenvalue weighted by Gasteiger charge is 2.26. The molecule has 12 heteroatoms. The van der Waals surface area contributed by atoms with Crippen molar-refractivity contribution in [3.8, 4) is 5.75 Å². The number of carbonyl (C=O) groups is 2. The van der Waals surface area contributed by atoms with Gasteiger partial charge in [0.1, 0.15) is 21.1 Å². The van der Waals surface area contributed by atoms with Crippen molar-refractivity contribution >= 4 is 38.0 Å². The minimum Gasteiger partial charge on any atom is -0.435 e. The van der Waals surface area contributed by atoms with Crippen molar-refractivity contribution in [1.29, 1.82) is 0 Å². The Morgan fingerprint density at radius 3 is 2.33 bits per heavy atom. The van der Waals surface area contributed by atoms with Gasteiger partial charge in [0.2, 0.25) is 9.84 Å². The van der Waals surface area contributed by atoms with Gasteiger partial charge in [-0.3, -0.25) is 9.59 Å². The third-order valence-corrected chi connectivity index (χ3v) is 6.51. The number of alkyl halides is 2. The molecule has 8 nitrogen and oxygen atoms in total. The molecule has 2 amide bonds. The highest BCUT2D eigenvalue weighted by molar-refractivity contribution is 7.93. The number of halogens is 2. The molecule has 0 spiro atoms. The number of nitrogens with two attached hydrogens (primary N) is 1. The van der Waals surface area contributed by atoms with Crippen LogP contribution in [0.1, 0.15) is 17.3 Å². The molecule has 2 rings (SSSR count). The van der Waals surface area contributed by atoms with Crippen molar-refractivity contribution in [3.05, 3.63) is 35.9 Å². The van der Waals surface area contributed by atoms with Gasteiger partial charge in [-0.2, -0.15) is 8.78 Å². The van der Waals surface area contributed by atoms with Crippen molar-refractivity contribution in [2.75, 3.05) is 5.32 Å². The van der Waals surface area contributed by atoms with E-state index >= 15 is 0 Å². The second-order valence-corrected chi connectivity index (χ2v) is 8.42. The van der Waals surface area contributed by atoms with E-state index in [1.54, 1.807) is 0 Å². The average molecular weight is 420 g/mol. The van der Waals surface area contributed by atoms with Crippen LogP contribution in [-0.2, 0) is 14.6 Å². The molecule has 0 saturated heterocycles. The van der Waals surface area contributed by atoms with Crippen LogP contribution in [0, 0.1) is 0 Å². The first-order chi connectivity index (χ1) is 12.5. The van der Waals surface area contributed by atoms with Crippen LogP contribution in [0.25, 0.3) is 0 Å². The highest BCUT2D eigenvalue weighted by Crippen LogP contribution is 2.35. The molecule has 0 aliphatic heterocycles. The summed E-state index contributed by atoms with van der Waals surface area (Å²) in [6, 6.07) is 5.22. The highest BCUT2D eigenvalue weighted by atomic mass is 32.2. The molecule has 0 fully saturated rings. The third kappa shape index (κ3) is 4.78. The molecule has 1 heterocycles. The summed E-state index contributed by atoms with van der Waals surface area (Å²) in [7, 11) is -4.12. The molecule has 1 unspecified atom stereocenters. The Kier molecular flexibility index (Phi) is 6.13. The first kappa shape index (κ1) is 20.7. The molecule has 1 atom stereocenters. The fourth-order valence-corrected chi connectivity index (χ4v) is 4.69. The van der Waals surface area contributed by atoms with Crippen molar-refractivity contribution < 1.29 is 36.6 Å². The van der Waals surface area contributed by atoms with Crippen molar-refractivity contribution in [2.24, 2.45) is 5.73 Å². The third-order valence-electron chi connectivity index (χ3n) is 3.22. The number of amides is 2. The van der Waals surface area contributed by atoms with Gasteiger partial charge in [-0.05, 0) is 37.3 Å². The van der Waals surface area contributed by atoms with E-state index in [0.29, 0.717) is 11.3 Å². The fraction of sp³-hybridized carbons (Fsp3) is 0.200. The molecule has 0 bridgehead atoms. The Bertz CT molecular complexity index is 955. The van der Waals surface area contributed by atoms with Gasteiger partial charge in [0, 0.05) is 0 Å². The summed E-state index contributed by atoms with van der Waals surface area (Å²) in [5.41, 5.74) is 4.95. The minimum absolute atomic E-state index is 0.135. The molecule has 1 aromatic heterocycles. The summed E-state index contributed by atoms with van der Waals surface area (Å²) in [6.45, 7) is -1.86. The summed E-state index contributed by atoms with van der Waals surface area (Å²) in [6.07, 6.45) is -1.39. The van der Waals surface area contributed by atoms with E-state index in [0.717, 1.165) is 30.3 Å². The minimum atomic E-state index is -4.12. The Labute approximate surface area is 156 Å². The second-order valence-electron chi connectivity index (χ2n) is 5.19. The number of sulfone groups is 1. The molecule has 2 aromatic rings. The first-order valence-electron chi connectivity index (χ1n) is 7.25. The second kappa shape index (κ2) is 7.98. The molecule has 4 N–H and O–H groups in total. The number of anilines is 1. The number of nitrogens with one attached hydrogen (secondary N) is 1. The van der Waals surface area contributed by atoms with Gasteiger partial charge in [-0.1, -0.05) is 0 Å². The van der Waals surface area contributed by atoms with Crippen LogP contribution in [0.3, 0.4) is 0 Å². The number of carbonyl (C=O) groups excluding carboxylic acids is 2. The molecule has 0 aliphatic rings. The zero-order valence-corrected chi connectivity index (χ0v) is 15.3. The van der Waals surface area contributed by atoms with Gasteiger partial charge in [0.25, 0.3) is 11.8 Å². The summed E-state index contributed by atoms with van der Waals surface area (Å²) < 4.78 is 53.5. The number of aliphatic hydroxyl groups excluding tert-OH is 1. The number of hydrogen-bond donors (Lipinski definition) is 3. The largest absolute Gasteiger partial charge is 0.435 e. The van der Waals surface area contributed by atoms with Gasteiger partial charge in [-0.25, -0.2) is 8.42 Å². The molecular formula is C15H14F2N2O6S2. The summed E-state index contributed by atoms with van der Waals surface area (Å²) in [5.74, 6) is -2.05. The fourth-order valence-electron chi connectivity index (χ4n) is 1.91. The van der Waals surface area contributed by atoms with Crippen LogP contribution in [0.4, 0.5) is 13.8 Å². The zero-order valence-electron chi connectivity index (χ0n) is 13.7. The Balaban J connectivity index is 2.40. The van der Waals surface area contributed by atoms with Crippen LogP contribution in [0.15, 0.2) is 39.4 Å². The number of hydrogen-bond acceptors (Lipinski definition) is 7. The number of rotatable bonds is 7. The van der Waals surface area contributed by atoms with E-state index in [9.17, 15) is 31.9 Å². The zero-order chi connectivity index (χ0) is 20.4. The molecule has 0 aliphatic carbocycles. The summed E-state index contributed by atoms with van der Waals surface area (Å²) in [4.78, 5) is 22.9. The number of primary amides is 1. The number of thiophene rings is 1. The van der Waals surface area contributed by atoms with E-state index in [4.69, 9.17) is 5.73 Å². The molecule has 1 aromatic carbocycles. The topological polar surface area (TPSA) is 136 Å². The van der Waals surface area contributed by atoms with Crippen LogP contribution in [-0.4, -0.2) is 38.1 Å². The van der Waals surface area contributed by atoms with Crippen molar-refractivity contribution in [1.82, 2.24) is 0 Å². The van der Waals surface area contributed by atoms with Crippen LogP contribution < -0.4 is 15.8 Å². The van der Waals surface area contributed by atoms with E-state index in [-0.39, 0.29) is 25.4 Å². The maximum Gasteiger partial charge on any atom is 0.387 e. The van der Waals surface area contributed by atoms with Crippen molar-refractivity contribution in [3.63, 3.8) is 0 Å². The predicted octanol–water partition coefficient (Wildman–Crippen LogP) is 1.60. The lowest BCUT2D eigenvalue weighted by atomic mass is 10.3. The van der Waals surface area contributed by atoms with E-state index in [1.165, 1.54) is 6.92 Å². The van der Waals surface area contributed by atoms with E-state index in [1.807, 2.05) is 0 Å². The van der Waals surface area contributed by atoms with Gasteiger partial charge >= 0.3 is 6.61 Å². The standard InChI is InChI=1S/C15H14F2N2O6S2/c1-7(20)13(22)19-14-10(12(18)21)6-11(26-14)27(23,24)9-4-2-8(3-5-9)25-15(16)17/h2-7,15,20H,1H3,(H2,18,21)(H,19,22). The van der Waals surface area contributed by atoms with Gasteiger partial charge in [-0.15, -0.1) is 11.3 Å². The van der Waals surface area contributed by atoms with Crippen molar-refractivity contribution in [2.45, 2.75) is 28.7 Å². The molecule has 0 saturated carbocycles. The van der Waals surface area contributed by atoms with Gasteiger partial charge in [0.15, 0.2) is 0 Å². The van der Waals surface area contributed by atoms with Gasteiger partial charge < -0.3 is 20.9 Å². The average Bonchev–Trinajstić information content (AvgIpc) is 2.99. The maximum atomic E-state index is 12.7. The predicted molar refractivity (Wildman–Crippen MR) is 91.7 cm³/mol. The number of ether oxygens (including phenoxy) is 1. The molecule has 0 radical (unpaired) electrons. The Morgan fingerprint density at radius 1 is 1.26 bits per heavy atom. The van der Waals surface area contributed by atoms with Gasteiger partial charge in [0.05, 0.1) is 10.5 Å². The summed E-state index contributed by atoms with van der Waals surface area (Å²) >= 11 is 0.567. The number of benzene rings is 1. The Hall–Kier alpha value is -2.57. The molecule has 146 valence electrons. The normalized spacial score (nSPS) is 12.6. The van der Waals surface area contributed by atoms with E-state index < -0.39 is 34.4 Å². The summed E-state index contributed by atoms with van der Waals surface area (Å²) in [5, 5.41) is 11.3. The lowest BCUT2D eigenvalue weighted by molar-refractivity contribution is -0.123.